The van der Waals surface area contributed by atoms with Gasteiger partial charge in [-0.2, -0.15) is 0 Å². The summed E-state index contributed by atoms with van der Waals surface area (Å²) in [6.45, 7) is 9.35. The second-order valence-electron chi connectivity index (χ2n) is 8.01. The van der Waals surface area contributed by atoms with Crippen molar-refractivity contribution in [3.05, 3.63) is 11.1 Å². The molecule has 0 bridgehead atoms. The highest BCUT2D eigenvalue weighted by atomic mass is 14.1. The number of allylic oxidation sites excluding steroid dienone is 2. The van der Waals surface area contributed by atoms with Crippen molar-refractivity contribution in [2.75, 3.05) is 0 Å². The van der Waals surface area contributed by atoms with Gasteiger partial charge in [-0.3, -0.25) is 0 Å². The van der Waals surface area contributed by atoms with Crippen molar-refractivity contribution >= 4 is 0 Å². The van der Waals surface area contributed by atoms with E-state index in [0.29, 0.717) is 0 Å². The van der Waals surface area contributed by atoms with Gasteiger partial charge in [-0.05, 0) is 39.5 Å². The third-order valence-corrected chi connectivity index (χ3v) is 5.54. The molecule has 0 unspecified atom stereocenters. The fourth-order valence-electron chi connectivity index (χ4n) is 3.47. The van der Waals surface area contributed by atoms with Gasteiger partial charge in [-0.1, -0.05) is 115 Å². The van der Waals surface area contributed by atoms with E-state index >= 15 is 0 Å². The summed E-state index contributed by atoms with van der Waals surface area (Å²) in [6.07, 6.45) is 25.6. The van der Waals surface area contributed by atoms with Gasteiger partial charge in [0.05, 0.1) is 0 Å². The maximum absolute atomic E-state index is 2.38. The maximum Gasteiger partial charge on any atom is -0.0320 e. The van der Waals surface area contributed by atoms with Crippen LogP contribution in [0.4, 0.5) is 0 Å². The smallest absolute Gasteiger partial charge is 0.0320 e. The van der Waals surface area contributed by atoms with Crippen LogP contribution in [0.3, 0.4) is 0 Å². The average Bonchev–Trinajstić information content (AvgIpc) is 2.59. The molecule has 0 aromatic heterocycles. The van der Waals surface area contributed by atoms with Crippen molar-refractivity contribution in [2.24, 2.45) is 0 Å². The minimum atomic E-state index is 1.35. The van der Waals surface area contributed by atoms with Crippen molar-refractivity contribution in [2.45, 2.75) is 143 Å². The Balaban J connectivity index is 3.46. The van der Waals surface area contributed by atoms with Crippen molar-refractivity contribution in [1.29, 1.82) is 0 Å². The van der Waals surface area contributed by atoms with Crippen molar-refractivity contribution in [3.63, 3.8) is 0 Å². The summed E-state index contributed by atoms with van der Waals surface area (Å²) in [4.78, 5) is 0. The molecule has 0 rings (SSSR count). The van der Waals surface area contributed by atoms with Crippen molar-refractivity contribution in [1.82, 2.24) is 0 Å². The predicted octanol–water partition coefficient (Wildman–Crippen LogP) is 9.38. The second kappa shape index (κ2) is 19.1. The van der Waals surface area contributed by atoms with Crippen LogP contribution in [-0.4, -0.2) is 0 Å². The lowest BCUT2D eigenvalue weighted by molar-refractivity contribution is 0.569. The van der Waals surface area contributed by atoms with E-state index in [9.17, 15) is 0 Å². The van der Waals surface area contributed by atoms with Crippen LogP contribution >= 0.6 is 0 Å². The first-order chi connectivity index (χ1) is 11.7. The summed E-state index contributed by atoms with van der Waals surface area (Å²) in [7, 11) is 0. The lowest BCUT2D eigenvalue weighted by Crippen LogP contribution is -1.88. The Labute approximate surface area is 154 Å². The SMILES string of the molecule is CCCCCCCCCCC(C)=C(C)CCCCCCCCCC. The van der Waals surface area contributed by atoms with Crippen molar-refractivity contribution < 1.29 is 0 Å². The van der Waals surface area contributed by atoms with Crippen LogP contribution in [0.1, 0.15) is 143 Å². The molecule has 0 nitrogen and oxygen atoms in total. The molecule has 0 N–H and O–H groups in total. The van der Waals surface area contributed by atoms with Gasteiger partial charge < -0.3 is 0 Å². The molecular weight excluding hydrogens is 288 g/mol. The normalized spacial score (nSPS) is 12.5. The second-order valence-corrected chi connectivity index (χ2v) is 8.01. The van der Waals surface area contributed by atoms with Gasteiger partial charge in [0.15, 0.2) is 0 Å². The van der Waals surface area contributed by atoms with Gasteiger partial charge in [0, 0.05) is 0 Å². The number of hydrogen-bond donors (Lipinski definition) is 0. The molecule has 0 aliphatic carbocycles. The summed E-state index contributed by atoms with van der Waals surface area (Å²) in [6, 6.07) is 0. The van der Waals surface area contributed by atoms with Gasteiger partial charge in [0.25, 0.3) is 0 Å². The van der Waals surface area contributed by atoms with Gasteiger partial charge >= 0.3 is 0 Å². The molecule has 0 aromatic carbocycles. The summed E-state index contributed by atoms with van der Waals surface area (Å²) in [5, 5.41) is 0. The highest BCUT2D eigenvalue weighted by Gasteiger charge is 1.99. The van der Waals surface area contributed by atoms with E-state index in [2.05, 4.69) is 27.7 Å². The van der Waals surface area contributed by atoms with Crippen LogP contribution in [0, 0.1) is 0 Å². The quantitative estimate of drug-likeness (QED) is 0.173. The van der Waals surface area contributed by atoms with E-state index in [1.165, 1.54) is 116 Å². The molecule has 0 radical (unpaired) electrons. The molecular formula is C24H48. The molecule has 0 atom stereocenters. The summed E-state index contributed by atoms with van der Waals surface area (Å²) in [5.74, 6) is 0. The van der Waals surface area contributed by atoms with E-state index in [1.807, 2.05) is 0 Å². The Morgan fingerprint density at radius 2 is 0.625 bits per heavy atom. The first-order valence-electron chi connectivity index (χ1n) is 11.4. The maximum atomic E-state index is 2.38. The van der Waals surface area contributed by atoms with Crippen LogP contribution in [0.5, 0.6) is 0 Å². The first-order valence-corrected chi connectivity index (χ1v) is 11.4. The molecule has 0 heterocycles. The zero-order valence-corrected chi connectivity index (χ0v) is 17.7. The predicted molar refractivity (Wildman–Crippen MR) is 113 cm³/mol. The molecule has 0 saturated carbocycles. The molecule has 0 amide bonds. The first kappa shape index (κ1) is 23.7. The third kappa shape index (κ3) is 16.6. The minimum absolute atomic E-state index is 1.35. The Bertz CT molecular complexity index is 246. The molecule has 0 aliphatic rings. The Hall–Kier alpha value is -0.260. The zero-order valence-electron chi connectivity index (χ0n) is 17.7. The van der Waals surface area contributed by atoms with E-state index in [0.717, 1.165) is 0 Å². The van der Waals surface area contributed by atoms with Gasteiger partial charge in [0.1, 0.15) is 0 Å². The van der Waals surface area contributed by atoms with Gasteiger partial charge in [-0.25, -0.2) is 0 Å². The van der Waals surface area contributed by atoms with E-state index in [-0.39, 0.29) is 0 Å². The molecule has 0 fully saturated rings. The largest absolute Gasteiger partial charge is 0.0744 e. The number of rotatable bonds is 18. The van der Waals surface area contributed by atoms with E-state index in [1.54, 1.807) is 11.1 Å². The fraction of sp³-hybridized carbons (Fsp3) is 0.917. The Morgan fingerprint density at radius 1 is 0.375 bits per heavy atom. The van der Waals surface area contributed by atoms with Crippen molar-refractivity contribution in [3.8, 4) is 0 Å². The summed E-state index contributed by atoms with van der Waals surface area (Å²) in [5.41, 5.74) is 3.37. The monoisotopic (exact) mass is 336 g/mol. The Morgan fingerprint density at radius 3 is 0.917 bits per heavy atom. The third-order valence-electron chi connectivity index (χ3n) is 5.54. The molecule has 0 spiro atoms. The molecule has 0 saturated heterocycles. The van der Waals surface area contributed by atoms with Crippen LogP contribution in [0.15, 0.2) is 11.1 Å². The van der Waals surface area contributed by atoms with Crippen LogP contribution < -0.4 is 0 Å². The van der Waals surface area contributed by atoms with Gasteiger partial charge in [-0.15, -0.1) is 0 Å². The fourth-order valence-corrected chi connectivity index (χ4v) is 3.47. The lowest BCUT2D eigenvalue weighted by atomic mass is 9.98. The number of unbranched alkanes of at least 4 members (excludes halogenated alkanes) is 14. The van der Waals surface area contributed by atoms with E-state index in [4.69, 9.17) is 0 Å². The topological polar surface area (TPSA) is 0 Å². The van der Waals surface area contributed by atoms with Gasteiger partial charge in [0.2, 0.25) is 0 Å². The molecule has 0 heteroatoms. The van der Waals surface area contributed by atoms with Crippen LogP contribution in [0.2, 0.25) is 0 Å². The molecule has 0 aromatic rings. The van der Waals surface area contributed by atoms with E-state index < -0.39 is 0 Å². The number of hydrogen-bond acceptors (Lipinski definition) is 0. The molecule has 144 valence electrons. The zero-order chi connectivity index (χ0) is 17.9. The lowest BCUT2D eigenvalue weighted by Gasteiger charge is -2.08. The summed E-state index contributed by atoms with van der Waals surface area (Å²) < 4.78 is 0. The Kier molecular flexibility index (Phi) is 18.9. The van der Waals surface area contributed by atoms with Crippen LogP contribution in [0.25, 0.3) is 0 Å². The standard InChI is InChI=1S/C24H48/c1-5-7-9-11-13-15-17-19-21-23(3)24(4)22-20-18-16-14-12-10-8-6-2/h5-22H2,1-4H3. The van der Waals surface area contributed by atoms with Crippen LogP contribution in [-0.2, 0) is 0 Å². The molecule has 0 aliphatic heterocycles. The average molecular weight is 337 g/mol. The summed E-state index contributed by atoms with van der Waals surface area (Å²) >= 11 is 0. The minimum Gasteiger partial charge on any atom is -0.0744 e. The highest BCUT2D eigenvalue weighted by molar-refractivity contribution is 5.09. The highest BCUT2D eigenvalue weighted by Crippen LogP contribution is 2.19. The molecule has 24 heavy (non-hydrogen) atoms.